The van der Waals surface area contributed by atoms with Crippen molar-refractivity contribution in [2.24, 2.45) is 0 Å². The standard InChI is InChI=1S/C31H34ClNO2S/c1-21(2)28-8-4-6-10-30(28)35-27-17-25-15-16-26(18-27)33(25)31(34)23-13-11-22(12-14-23)19-36-20-24-7-3-5-9-29(24)32/h3-14,21,25-27H,15-20H2,1-2H3/t25-,26+,27?. The van der Waals surface area contributed by atoms with E-state index in [-0.39, 0.29) is 24.1 Å². The number of nitrogens with zero attached hydrogens (tertiary/aromatic N) is 1. The molecule has 3 nitrogen and oxygen atoms in total. The van der Waals surface area contributed by atoms with Gasteiger partial charge in [-0.1, -0.05) is 74.0 Å². The molecule has 36 heavy (non-hydrogen) atoms. The van der Waals surface area contributed by atoms with Crippen LogP contribution < -0.4 is 4.74 Å². The predicted octanol–water partition coefficient (Wildman–Crippen LogP) is 8.11. The lowest BCUT2D eigenvalue weighted by molar-refractivity contribution is 0.0356. The van der Waals surface area contributed by atoms with Gasteiger partial charge in [-0.05, 0) is 59.7 Å². The van der Waals surface area contributed by atoms with Gasteiger partial charge in [-0.2, -0.15) is 11.8 Å². The van der Waals surface area contributed by atoms with Crippen molar-refractivity contribution < 1.29 is 9.53 Å². The highest BCUT2D eigenvalue weighted by molar-refractivity contribution is 7.97. The summed E-state index contributed by atoms with van der Waals surface area (Å²) < 4.78 is 6.51. The van der Waals surface area contributed by atoms with E-state index in [1.807, 2.05) is 48.2 Å². The van der Waals surface area contributed by atoms with Crippen molar-refractivity contribution in [1.29, 1.82) is 0 Å². The van der Waals surface area contributed by atoms with Crippen LogP contribution in [0.2, 0.25) is 5.02 Å². The molecule has 0 aliphatic carbocycles. The molecular formula is C31H34ClNO2S. The monoisotopic (exact) mass is 519 g/mol. The van der Waals surface area contributed by atoms with Crippen LogP contribution in [0.1, 0.15) is 72.5 Å². The van der Waals surface area contributed by atoms with E-state index in [0.717, 1.165) is 59.1 Å². The molecule has 2 saturated heterocycles. The van der Waals surface area contributed by atoms with Gasteiger partial charge in [0.25, 0.3) is 5.91 Å². The van der Waals surface area contributed by atoms with Crippen molar-refractivity contribution in [3.63, 3.8) is 0 Å². The van der Waals surface area contributed by atoms with Crippen LogP contribution in [0.25, 0.3) is 0 Å². The number of fused-ring (bicyclic) bond motifs is 2. The average molecular weight is 520 g/mol. The highest BCUT2D eigenvalue weighted by atomic mass is 35.5. The van der Waals surface area contributed by atoms with Crippen LogP contribution in [0.4, 0.5) is 0 Å². The zero-order valence-electron chi connectivity index (χ0n) is 21.0. The second-order valence-electron chi connectivity index (χ2n) is 10.3. The van der Waals surface area contributed by atoms with Gasteiger partial charge < -0.3 is 9.64 Å². The van der Waals surface area contributed by atoms with Crippen LogP contribution in [0, 0.1) is 0 Å². The third kappa shape index (κ3) is 5.60. The van der Waals surface area contributed by atoms with Crippen molar-refractivity contribution in [1.82, 2.24) is 4.90 Å². The molecule has 3 atom stereocenters. The Morgan fingerprint density at radius 2 is 1.61 bits per heavy atom. The largest absolute Gasteiger partial charge is 0.490 e. The number of amides is 1. The SMILES string of the molecule is CC(C)c1ccccc1OC1C[C@H]2CC[C@@H](C1)N2C(=O)c1ccc(CSCc2ccccc2Cl)cc1. The minimum Gasteiger partial charge on any atom is -0.490 e. The minimum absolute atomic E-state index is 0.166. The van der Waals surface area contributed by atoms with E-state index >= 15 is 0 Å². The average Bonchev–Trinajstić information content (AvgIpc) is 3.15. The lowest BCUT2D eigenvalue weighted by Gasteiger charge is -2.39. The molecule has 5 heteroatoms. The summed E-state index contributed by atoms with van der Waals surface area (Å²) in [6.45, 7) is 4.41. The number of ether oxygens (including phenoxy) is 1. The van der Waals surface area contributed by atoms with E-state index in [4.69, 9.17) is 16.3 Å². The number of thioether (sulfide) groups is 1. The topological polar surface area (TPSA) is 29.5 Å². The maximum Gasteiger partial charge on any atom is 0.254 e. The summed E-state index contributed by atoms with van der Waals surface area (Å²) in [5.41, 5.74) is 4.43. The van der Waals surface area contributed by atoms with E-state index < -0.39 is 0 Å². The summed E-state index contributed by atoms with van der Waals surface area (Å²) in [5.74, 6) is 3.36. The van der Waals surface area contributed by atoms with Crippen molar-refractivity contribution in [3.05, 3.63) is 100 Å². The van der Waals surface area contributed by atoms with Gasteiger partial charge in [-0.25, -0.2) is 0 Å². The van der Waals surface area contributed by atoms with Crippen molar-refractivity contribution >= 4 is 29.3 Å². The van der Waals surface area contributed by atoms with Crippen LogP contribution in [-0.2, 0) is 11.5 Å². The highest BCUT2D eigenvalue weighted by Gasteiger charge is 2.44. The second kappa shape index (κ2) is 11.3. The number of carbonyl (C=O) groups excluding carboxylic acids is 1. The Bertz CT molecular complexity index is 1180. The first-order chi connectivity index (χ1) is 17.5. The molecule has 0 saturated carbocycles. The van der Waals surface area contributed by atoms with Crippen LogP contribution >= 0.6 is 23.4 Å². The van der Waals surface area contributed by atoms with E-state index in [2.05, 4.69) is 55.1 Å². The molecule has 5 rings (SSSR count). The van der Waals surface area contributed by atoms with E-state index in [1.54, 1.807) is 0 Å². The Balaban J connectivity index is 1.18. The fourth-order valence-electron chi connectivity index (χ4n) is 5.59. The van der Waals surface area contributed by atoms with Crippen molar-refractivity contribution in [2.45, 2.75) is 75.1 Å². The van der Waals surface area contributed by atoms with E-state index in [9.17, 15) is 4.79 Å². The zero-order chi connectivity index (χ0) is 25.1. The number of halogens is 1. The first-order valence-corrected chi connectivity index (χ1v) is 14.5. The van der Waals surface area contributed by atoms with Crippen LogP contribution in [-0.4, -0.2) is 29.0 Å². The zero-order valence-corrected chi connectivity index (χ0v) is 22.6. The Kier molecular flexibility index (Phi) is 7.93. The summed E-state index contributed by atoms with van der Waals surface area (Å²) in [4.78, 5) is 15.6. The van der Waals surface area contributed by atoms with Gasteiger partial charge in [0.15, 0.2) is 0 Å². The summed E-state index contributed by atoms with van der Waals surface area (Å²) >= 11 is 8.11. The minimum atomic E-state index is 0.166. The first-order valence-electron chi connectivity index (χ1n) is 13.0. The number of para-hydroxylation sites is 1. The van der Waals surface area contributed by atoms with Gasteiger partial charge in [0, 0.05) is 47.0 Å². The van der Waals surface area contributed by atoms with E-state index in [0.29, 0.717) is 5.92 Å². The molecule has 0 N–H and O–H groups in total. The molecule has 2 fully saturated rings. The van der Waals surface area contributed by atoms with Gasteiger partial charge >= 0.3 is 0 Å². The fourth-order valence-corrected chi connectivity index (χ4v) is 6.87. The first kappa shape index (κ1) is 25.2. The molecule has 2 bridgehead atoms. The lowest BCUT2D eigenvalue weighted by Crippen LogP contribution is -2.49. The van der Waals surface area contributed by atoms with Gasteiger partial charge in [-0.15, -0.1) is 0 Å². The van der Waals surface area contributed by atoms with Gasteiger partial charge in [0.1, 0.15) is 11.9 Å². The fraction of sp³-hybridized carbons (Fsp3) is 0.387. The van der Waals surface area contributed by atoms with Crippen LogP contribution in [0.3, 0.4) is 0 Å². The molecular weight excluding hydrogens is 486 g/mol. The Morgan fingerprint density at radius 1 is 0.944 bits per heavy atom. The number of hydrogen-bond donors (Lipinski definition) is 0. The second-order valence-corrected chi connectivity index (χ2v) is 11.7. The summed E-state index contributed by atoms with van der Waals surface area (Å²) in [5, 5.41) is 0.818. The van der Waals surface area contributed by atoms with Crippen LogP contribution in [0.5, 0.6) is 5.75 Å². The predicted molar refractivity (Wildman–Crippen MR) is 150 cm³/mol. The van der Waals surface area contributed by atoms with Gasteiger partial charge in [0.2, 0.25) is 0 Å². The Morgan fingerprint density at radius 3 is 2.31 bits per heavy atom. The number of hydrogen-bond acceptors (Lipinski definition) is 3. The van der Waals surface area contributed by atoms with Gasteiger partial charge in [-0.3, -0.25) is 4.79 Å². The molecule has 1 unspecified atom stereocenters. The molecule has 1 amide bonds. The van der Waals surface area contributed by atoms with Gasteiger partial charge in [0.05, 0.1) is 0 Å². The molecule has 3 aromatic rings. The lowest BCUT2D eigenvalue weighted by atomic mass is 9.97. The molecule has 2 aliphatic heterocycles. The number of piperidine rings is 1. The third-order valence-electron chi connectivity index (χ3n) is 7.44. The molecule has 188 valence electrons. The molecule has 0 spiro atoms. The maximum atomic E-state index is 13.5. The quantitative estimate of drug-likeness (QED) is 0.301. The maximum absolute atomic E-state index is 13.5. The Labute approximate surface area is 224 Å². The summed E-state index contributed by atoms with van der Waals surface area (Å²) in [7, 11) is 0. The molecule has 0 radical (unpaired) electrons. The number of rotatable bonds is 8. The van der Waals surface area contributed by atoms with Crippen molar-refractivity contribution in [3.8, 4) is 5.75 Å². The molecule has 2 heterocycles. The Hall–Kier alpha value is -2.43. The molecule has 3 aromatic carbocycles. The molecule has 2 aliphatic rings. The van der Waals surface area contributed by atoms with Crippen LogP contribution in [0.15, 0.2) is 72.8 Å². The third-order valence-corrected chi connectivity index (χ3v) is 8.87. The molecule has 0 aromatic heterocycles. The van der Waals surface area contributed by atoms with Crippen molar-refractivity contribution in [2.75, 3.05) is 0 Å². The number of carbonyl (C=O) groups is 1. The summed E-state index contributed by atoms with van der Waals surface area (Å²) in [6, 6.07) is 25.1. The normalized spacial score (nSPS) is 21.1. The number of benzene rings is 3. The highest BCUT2D eigenvalue weighted by Crippen LogP contribution is 2.39. The van der Waals surface area contributed by atoms with E-state index in [1.165, 1.54) is 11.1 Å². The summed E-state index contributed by atoms with van der Waals surface area (Å²) in [6.07, 6.45) is 4.12. The smallest absolute Gasteiger partial charge is 0.254 e.